The molecule has 0 atom stereocenters. The zero-order valence-corrected chi connectivity index (χ0v) is 16.8. The Morgan fingerprint density at radius 3 is 2.39 bits per heavy atom. The first-order valence-electron chi connectivity index (χ1n) is 7.08. The lowest BCUT2D eigenvalue weighted by Gasteiger charge is -2.12. The Hall–Kier alpha value is -0.910. The molecule has 0 aliphatic carbocycles. The molecule has 132 valence electrons. The third-order valence-electron chi connectivity index (χ3n) is 2.93. The normalized spacial score (nSPS) is 11.7. The molecular formula is C14H25IN4O3S. The number of hydrogen-bond acceptors (Lipinski definition) is 4. The summed E-state index contributed by atoms with van der Waals surface area (Å²) in [6.45, 7) is 4.48. The standard InChI is InChI=1S/C14H24N4O3S.HI/c1-4-21-10-9-17-14(15-2)18-11-12-5-7-13(8-6-12)22(19,20)16-3;/h5-8,16H,4,9-11H2,1-3H3,(H2,15,17,18);1H. The number of sulfonamides is 1. The molecule has 0 fully saturated rings. The highest BCUT2D eigenvalue weighted by Gasteiger charge is 2.10. The van der Waals surface area contributed by atoms with Crippen molar-refractivity contribution in [1.29, 1.82) is 0 Å². The van der Waals surface area contributed by atoms with E-state index in [-0.39, 0.29) is 28.9 Å². The van der Waals surface area contributed by atoms with Gasteiger partial charge in [0, 0.05) is 26.7 Å². The van der Waals surface area contributed by atoms with E-state index in [4.69, 9.17) is 4.74 Å². The number of ether oxygens (including phenoxy) is 1. The largest absolute Gasteiger partial charge is 0.380 e. The summed E-state index contributed by atoms with van der Waals surface area (Å²) in [5, 5.41) is 6.28. The number of nitrogens with zero attached hydrogens (tertiary/aromatic N) is 1. The van der Waals surface area contributed by atoms with E-state index in [2.05, 4.69) is 20.3 Å². The van der Waals surface area contributed by atoms with E-state index in [0.717, 1.165) is 5.56 Å². The number of hydrogen-bond donors (Lipinski definition) is 3. The maximum Gasteiger partial charge on any atom is 0.240 e. The Balaban J connectivity index is 0.00000484. The average Bonchev–Trinajstić information content (AvgIpc) is 2.54. The summed E-state index contributed by atoms with van der Waals surface area (Å²) < 4.78 is 30.8. The number of guanidine groups is 1. The first-order chi connectivity index (χ1) is 10.5. The molecular weight excluding hydrogens is 431 g/mol. The van der Waals surface area contributed by atoms with Crippen LogP contribution in [0.2, 0.25) is 0 Å². The number of halogens is 1. The lowest BCUT2D eigenvalue weighted by Crippen LogP contribution is -2.38. The Morgan fingerprint density at radius 2 is 1.87 bits per heavy atom. The molecule has 1 aromatic rings. The van der Waals surface area contributed by atoms with Crippen molar-refractivity contribution in [3.8, 4) is 0 Å². The predicted molar refractivity (Wildman–Crippen MR) is 103 cm³/mol. The van der Waals surface area contributed by atoms with Crippen LogP contribution in [0, 0.1) is 0 Å². The summed E-state index contributed by atoms with van der Waals surface area (Å²) in [4.78, 5) is 4.35. The summed E-state index contributed by atoms with van der Waals surface area (Å²) in [6, 6.07) is 6.69. The summed E-state index contributed by atoms with van der Waals surface area (Å²) in [6.07, 6.45) is 0. The quantitative estimate of drug-likeness (QED) is 0.234. The average molecular weight is 456 g/mol. The monoisotopic (exact) mass is 456 g/mol. The molecule has 0 aliphatic heterocycles. The van der Waals surface area contributed by atoms with Gasteiger partial charge >= 0.3 is 0 Å². The van der Waals surface area contributed by atoms with Gasteiger partial charge in [0.2, 0.25) is 10.0 Å². The molecule has 23 heavy (non-hydrogen) atoms. The van der Waals surface area contributed by atoms with E-state index < -0.39 is 10.0 Å². The van der Waals surface area contributed by atoms with Crippen molar-refractivity contribution in [2.75, 3.05) is 33.9 Å². The van der Waals surface area contributed by atoms with Crippen LogP contribution in [-0.4, -0.2) is 48.2 Å². The van der Waals surface area contributed by atoms with Gasteiger partial charge in [-0.15, -0.1) is 24.0 Å². The van der Waals surface area contributed by atoms with Gasteiger partial charge in [-0.05, 0) is 31.7 Å². The smallest absolute Gasteiger partial charge is 0.240 e. The maximum absolute atomic E-state index is 11.6. The number of benzene rings is 1. The molecule has 0 bridgehead atoms. The third kappa shape index (κ3) is 7.95. The van der Waals surface area contributed by atoms with E-state index in [1.165, 1.54) is 7.05 Å². The summed E-state index contributed by atoms with van der Waals surface area (Å²) in [5.41, 5.74) is 0.961. The molecule has 1 rings (SSSR count). The molecule has 0 radical (unpaired) electrons. The highest BCUT2D eigenvalue weighted by Crippen LogP contribution is 2.09. The van der Waals surface area contributed by atoms with Gasteiger partial charge in [-0.2, -0.15) is 0 Å². The Morgan fingerprint density at radius 1 is 1.22 bits per heavy atom. The van der Waals surface area contributed by atoms with Crippen molar-refractivity contribution >= 4 is 40.0 Å². The summed E-state index contributed by atoms with van der Waals surface area (Å²) >= 11 is 0. The molecule has 0 heterocycles. The fourth-order valence-corrected chi connectivity index (χ4v) is 2.43. The zero-order chi connectivity index (χ0) is 16.4. The van der Waals surface area contributed by atoms with Crippen molar-refractivity contribution in [3.05, 3.63) is 29.8 Å². The van der Waals surface area contributed by atoms with Crippen molar-refractivity contribution in [3.63, 3.8) is 0 Å². The van der Waals surface area contributed by atoms with Crippen LogP contribution in [-0.2, 0) is 21.3 Å². The van der Waals surface area contributed by atoms with Crippen molar-refractivity contribution in [2.24, 2.45) is 4.99 Å². The zero-order valence-electron chi connectivity index (χ0n) is 13.6. The molecule has 0 amide bonds. The third-order valence-corrected chi connectivity index (χ3v) is 4.36. The van der Waals surface area contributed by atoms with Gasteiger partial charge in [0.05, 0.1) is 11.5 Å². The SMILES string of the molecule is CCOCCNC(=NC)NCc1ccc(S(=O)(=O)NC)cc1.I. The van der Waals surface area contributed by atoms with E-state index in [9.17, 15) is 8.42 Å². The molecule has 0 spiro atoms. The lowest BCUT2D eigenvalue weighted by atomic mass is 10.2. The minimum atomic E-state index is -3.39. The first-order valence-corrected chi connectivity index (χ1v) is 8.56. The van der Waals surface area contributed by atoms with Crippen LogP contribution >= 0.6 is 24.0 Å². The van der Waals surface area contributed by atoms with Gasteiger partial charge in [0.25, 0.3) is 0 Å². The van der Waals surface area contributed by atoms with Crippen LogP contribution < -0.4 is 15.4 Å². The molecule has 0 saturated carbocycles. The molecule has 3 N–H and O–H groups in total. The number of rotatable bonds is 8. The van der Waals surface area contributed by atoms with E-state index in [0.29, 0.717) is 32.3 Å². The first kappa shape index (κ1) is 22.1. The van der Waals surface area contributed by atoms with Gasteiger partial charge in [-0.3, -0.25) is 4.99 Å². The van der Waals surface area contributed by atoms with Crippen LogP contribution in [0.5, 0.6) is 0 Å². The minimum Gasteiger partial charge on any atom is -0.380 e. The van der Waals surface area contributed by atoms with Gasteiger partial charge in [0.1, 0.15) is 0 Å². The number of nitrogens with one attached hydrogen (secondary N) is 3. The van der Waals surface area contributed by atoms with Crippen LogP contribution in [0.15, 0.2) is 34.2 Å². The van der Waals surface area contributed by atoms with E-state index >= 15 is 0 Å². The van der Waals surface area contributed by atoms with E-state index in [1.807, 2.05) is 6.92 Å². The molecule has 9 heteroatoms. The molecule has 1 aromatic carbocycles. The van der Waals surface area contributed by atoms with Gasteiger partial charge in [0.15, 0.2) is 5.96 Å². The summed E-state index contributed by atoms with van der Waals surface area (Å²) in [5.74, 6) is 0.673. The molecule has 0 aromatic heterocycles. The second kappa shape index (κ2) is 11.6. The minimum absolute atomic E-state index is 0. The van der Waals surface area contributed by atoms with Crippen LogP contribution in [0.4, 0.5) is 0 Å². The van der Waals surface area contributed by atoms with Crippen molar-refractivity contribution in [1.82, 2.24) is 15.4 Å². The fraction of sp³-hybridized carbons (Fsp3) is 0.500. The number of aliphatic imine (C=N–C) groups is 1. The second-order valence-corrected chi connectivity index (χ2v) is 6.29. The molecule has 0 aliphatic rings. The second-order valence-electron chi connectivity index (χ2n) is 4.40. The predicted octanol–water partition coefficient (Wildman–Crippen LogP) is 0.914. The molecule has 7 nitrogen and oxygen atoms in total. The van der Waals surface area contributed by atoms with Crippen molar-refractivity contribution < 1.29 is 13.2 Å². The molecule has 0 saturated heterocycles. The van der Waals surface area contributed by atoms with Crippen molar-refractivity contribution in [2.45, 2.75) is 18.4 Å². The van der Waals surface area contributed by atoms with Crippen LogP contribution in [0.1, 0.15) is 12.5 Å². The van der Waals surface area contributed by atoms with E-state index in [1.54, 1.807) is 31.3 Å². The Labute approximate surface area is 155 Å². The Bertz CT molecular complexity index is 576. The van der Waals surface area contributed by atoms with Gasteiger partial charge in [-0.25, -0.2) is 13.1 Å². The highest BCUT2D eigenvalue weighted by atomic mass is 127. The van der Waals surface area contributed by atoms with Gasteiger partial charge in [-0.1, -0.05) is 12.1 Å². The maximum atomic E-state index is 11.6. The van der Waals surface area contributed by atoms with Crippen LogP contribution in [0.3, 0.4) is 0 Å². The fourth-order valence-electron chi connectivity index (χ4n) is 1.70. The highest BCUT2D eigenvalue weighted by molar-refractivity contribution is 14.0. The topological polar surface area (TPSA) is 91.8 Å². The van der Waals surface area contributed by atoms with Crippen LogP contribution in [0.25, 0.3) is 0 Å². The Kier molecular flexibility index (Phi) is 11.1. The summed E-state index contributed by atoms with van der Waals surface area (Å²) in [7, 11) is -0.304. The molecule has 0 unspecified atom stereocenters. The lowest BCUT2D eigenvalue weighted by molar-refractivity contribution is 0.152. The van der Waals surface area contributed by atoms with Gasteiger partial charge < -0.3 is 15.4 Å².